The Labute approximate surface area is 53.7 Å². The largest absolute Gasteiger partial charge is 0.477 e. The third kappa shape index (κ3) is 0.812. The molecule has 0 aromatic carbocycles. The van der Waals surface area contributed by atoms with Gasteiger partial charge in [-0.05, 0) is 0 Å². The maximum absolute atomic E-state index is 5.18. The number of rotatable bonds is 1. The molecule has 3 heteroatoms. The Morgan fingerprint density at radius 1 is 1.44 bits per heavy atom. The van der Waals surface area contributed by atoms with Crippen molar-refractivity contribution in [3.63, 3.8) is 0 Å². The van der Waals surface area contributed by atoms with E-state index < -0.39 is 0 Å². The van der Waals surface area contributed by atoms with Gasteiger partial charge in [-0.3, -0.25) is 0 Å². The molecular weight excluding hydrogens is 118 g/mol. The SMILES string of the molecule is C1COC(C2CCO2)=N1. The molecule has 0 aromatic heterocycles. The van der Waals surface area contributed by atoms with Crippen molar-refractivity contribution in [3.05, 3.63) is 0 Å². The summed E-state index contributed by atoms with van der Waals surface area (Å²) in [5.41, 5.74) is 0. The summed E-state index contributed by atoms with van der Waals surface area (Å²) in [6, 6.07) is 0. The third-order valence-electron chi connectivity index (χ3n) is 1.58. The van der Waals surface area contributed by atoms with E-state index in [1.165, 1.54) is 0 Å². The van der Waals surface area contributed by atoms with E-state index >= 15 is 0 Å². The topological polar surface area (TPSA) is 30.8 Å². The van der Waals surface area contributed by atoms with Gasteiger partial charge in [-0.15, -0.1) is 0 Å². The first-order chi connectivity index (χ1) is 4.47. The van der Waals surface area contributed by atoms with Crippen molar-refractivity contribution < 1.29 is 9.47 Å². The monoisotopic (exact) mass is 127 g/mol. The summed E-state index contributed by atoms with van der Waals surface area (Å²) in [7, 11) is 0. The van der Waals surface area contributed by atoms with Gasteiger partial charge in [0.1, 0.15) is 12.7 Å². The second-order valence-corrected chi connectivity index (χ2v) is 2.22. The van der Waals surface area contributed by atoms with Crippen LogP contribution >= 0.6 is 0 Å². The molecule has 1 saturated heterocycles. The first-order valence-electron chi connectivity index (χ1n) is 3.25. The van der Waals surface area contributed by atoms with Gasteiger partial charge in [0, 0.05) is 6.42 Å². The quantitative estimate of drug-likeness (QED) is 0.504. The van der Waals surface area contributed by atoms with Crippen molar-refractivity contribution in [1.82, 2.24) is 0 Å². The Kier molecular flexibility index (Phi) is 1.16. The molecule has 1 fully saturated rings. The van der Waals surface area contributed by atoms with Crippen molar-refractivity contribution in [2.75, 3.05) is 19.8 Å². The Balaban J connectivity index is 1.95. The van der Waals surface area contributed by atoms with Crippen molar-refractivity contribution in [2.24, 2.45) is 4.99 Å². The average Bonchev–Trinajstić information content (AvgIpc) is 2.11. The molecule has 2 heterocycles. The van der Waals surface area contributed by atoms with Gasteiger partial charge in [0.25, 0.3) is 0 Å². The van der Waals surface area contributed by atoms with Crippen molar-refractivity contribution in [1.29, 1.82) is 0 Å². The molecule has 2 aliphatic heterocycles. The highest BCUT2D eigenvalue weighted by molar-refractivity contribution is 5.82. The van der Waals surface area contributed by atoms with Crippen LogP contribution in [0.5, 0.6) is 0 Å². The Bertz CT molecular complexity index is 140. The molecule has 2 rings (SSSR count). The molecule has 1 atom stereocenters. The van der Waals surface area contributed by atoms with E-state index in [1.54, 1.807) is 0 Å². The lowest BCUT2D eigenvalue weighted by atomic mass is 10.2. The fourth-order valence-corrected chi connectivity index (χ4v) is 0.977. The number of aliphatic imine (C=N–C) groups is 1. The van der Waals surface area contributed by atoms with Crippen molar-refractivity contribution >= 4 is 5.90 Å². The minimum atomic E-state index is 0.201. The second kappa shape index (κ2) is 1.99. The molecule has 0 aliphatic carbocycles. The first kappa shape index (κ1) is 5.23. The molecule has 0 amide bonds. The number of hydrogen-bond donors (Lipinski definition) is 0. The highest BCUT2D eigenvalue weighted by Crippen LogP contribution is 2.15. The van der Waals surface area contributed by atoms with Gasteiger partial charge in [0.05, 0.1) is 13.2 Å². The highest BCUT2D eigenvalue weighted by Gasteiger charge is 2.27. The molecule has 2 aliphatic rings. The Morgan fingerprint density at radius 3 is 2.78 bits per heavy atom. The summed E-state index contributed by atoms with van der Waals surface area (Å²) < 4.78 is 10.3. The Morgan fingerprint density at radius 2 is 2.33 bits per heavy atom. The van der Waals surface area contributed by atoms with Crippen LogP contribution in [-0.4, -0.2) is 31.8 Å². The Hall–Kier alpha value is -0.570. The summed E-state index contributed by atoms with van der Waals surface area (Å²) >= 11 is 0. The summed E-state index contributed by atoms with van der Waals surface area (Å²) in [4.78, 5) is 4.13. The van der Waals surface area contributed by atoms with Gasteiger partial charge in [0.2, 0.25) is 5.90 Å². The van der Waals surface area contributed by atoms with Gasteiger partial charge < -0.3 is 9.47 Å². The van der Waals surface area contributed by atoms with E-state index in [-0.39, 0.29) is 6.10 Å². The molecule has 0 aromatic rings. The smallest absolute Gasteiger partial charge is 0.213 e. The summed E-state index contributed by atoms with van der Waals surface area (Å²) in [5, 5.41) is 0. The van der Waals surface area contributed by atoms with E-state index in [0.29, 0.717) is 0 Å². The van der Waals surface area contributed by atoms with E-state index in [0.717, 1.165) is 32.1 Å². The molecule has 0 spiro atoms. The van der Waals surface area contributed by atoms with Crippen LogP contribution in [0.2, 0.25) is 0 Å². The fraction of sp³-hybridized carbons (Fsp3) is 0.833. The van der Waals surface area contributed by atoms with Crippen molar-refractivity contribution in [3.8, 4) is 0 Å². The predicted octanol–water partition coefficient (Wildman–Crippen LogP) is 0.204. The number of hydrogen-bond acceptors (Lipinski definition) is 3. The van der Waals surface area contributed by atoms with Crippen LogP contribution in [0.4, 0.5) is 0 Å². The minimum Gasteiger partial charge on any atom is -0.477 e. The van der Waals surface area contributed by atoms with Gasteiger partial charge in [0.15, 0.2) is 0 Å². The fourth-order valence-electron chi connectivity index (χ4n) is 0.977. The van der Waals surface area contributed by atoms with Crippen LogP contribution in [0, 0.1) is 0 Å². The minimum absolute atomic E-state index is 0.201. The zero-order valence-electron chi connectivity index (χ0n) is 5.17. The summed E-state index contributed by atoms with van der Waals surface area (Å²) in [6.07, 6.45) is 1.28. The molecular formula is C6H9NO2. The molecule has 0 N–H and O–H groups in total. The van der Waals surface area contributed by atoms with Crippen LogP contribution in [0.1, 0.15) is 6.42 Å². The summed E-state index contributed by atoms with van der Waals surface area (Å²) in [6.45, 7) is 2.43. The lowest BCUT2D eigenvalue weighted by Crippen LogP contribution is -2.35. The van der Waals surface area contributed by atoms with Crippen LogP contribution in [-0.2, 0) is 9.47 Å². The van der Waals surface area contributed by atoms with Crippen molar-refractivity contribution in [2.45, 2.75) is 12.5 Å². The van der Waals surface area contributed by atoms with Gasteiger partial charge >= 0.3 is 0 Å². The molecule has 3 nitrogen and oxygen atoms in total. The maximum atomic E-state index is 5.18. The number of ether oxygens (including phenoxy) is 2. The average molecular weight is 127 g/mol. The molecule has 0 saturated carbocycles. The molecule has 0 bridgehead atoms. The normalized spacial score (nSPS) is 32.9. The zero-order valence-corrected chi connectivity index (χ0v) is 5.17. The summed E-state index contributed by atoms with van der Waals surface area (Å²) in [5.74, 6) is 0.821. The predicted molar refractivity (Wildman–Crippen MR) is 32.6 cm³/mol. The van der Waals surface area contributed by atoms with Gasteiger partial charge in [-0.25, -0.2) is 4.99 Å². The van der Waals surface area contributed by atoms with Gasteiger partial charge in [-0.1, -0.05) is 0 Å². The molecule has 0 radical (unpaired) electrons. The maximum Gasteiger partial charge on any atom is 0.213 e. The van der Waals surface area contributed by atoms with Crippen LogP contribution in [0.15, 0.2) is 4.99 Å². The first-order valence-corrected chi connectivity index (χ1v) is 3.25. The van der Waals surface area contributed by atoms with E-state index in [4.69, 9.17) is 9.47 Å². The third-order valence-corrected chi connectivity index (χ3v) is 1.58. The standard InChI is InChI=1S/C6H9NO2/c1-3-8-5(1)6-7-2-4-9-6/h5H,1-4H2. The molecule has 1 unspecified atom stereocenters. The second-order valence-electron chi connectivity index (χ2n) is 2.22. The van der Waals surface area contributed by atoms with Gasteiger partial charge in [-0.2, -0.15) is 0 Å². The lowest BCUT2D eigenvalue weighted by molar-refractivity contribution is -0.0173. The molecule has 50 valence electrons. The zero-order chi connectivity index (χ0) is 6.10. The highest BCUT2D eigenvalue weighted by atomic mass is 16.6. The lowest BCUT2D eigenvalue weighted by Gasteiger charge is -2.25. The van der Waals surface area contributed by atoms with Crippen LogP contribution in [0.3, 0.4) is 0 Å². The van der Waals surface area contributed by atoms with E-state index in [2.05, 4.69) is 4.99 Å². The van der Waals surface area contributed by atoms with Crippen LogP contribution < -0.4 is 0 Å². The van der Waals surface area contributed by atoms with E-state index in [9.17, 15) is 0 Å². The van der Waals surface area contributed by atoms with E-state index in [1.807, 2.05) is 0 Å². The molecule has 9 heavy (non-hydrogen) atoms. The number of nitrogens with zero attached hydrogens (tertiary/aromatic N) is 1. The van der Waals surface area contributed by atoms with Crippen LogP contribution in [0.25, 0.3) is 0 Å².